The fraction of sp³-hybridized carbons (Fsp3) is 0.154. The molecule has 15 heavy (non-hydrogen) atoms. The normalized spacial score (nSPS) is 10.2. The molecule has 2 heteroatoms. The molecule has 0 unspecified atom stereocenters. The van der Waals surface area contributed by atoms with Crippen LogP contribution < -0.4 is 5.73 Å². The number of hydrogen-bond donors (Lipinski definition) is 1. The van der Waals surface area contributed by atoms with Crippen LogP contribution in [-0.4, -0.2) is 11.5 Å². The number of benzene rings is 1. The van der Waals surface area contributed by atoms with Crippen molar-refractivity contribution < 1.29 is 0 Å². The molecule has 1 aromatic carbocycles. The molecule has 2 rings (SSSR count). The quantitative estimate of drug-likeness (QED) is 0.821. The average molecular weight is 198 g/mol. The monoisotopic (exact) mass is 198 g/mol. The molecule has 0 saturated heterocycles. The maximum Gasteiger partial charge on any atom is 0.0346 e. The first kappa shape index (κ1) is 9.87. The van der Waals surface area contributed by atoms with E-state index < -0.39 is 0 Å². The minimum Gasteiger partial charge on any atom is -0.330 e. The summed E-state index contributed by atoms with van der Waals surface area (Å²) in [6.45, 7) is 0.678. The molecule has 0 aliphatic carbocycles. The molecule has 0 amide bonds. The molecule has 1 heterocycles. The molecule has 2 aromatic rings. The van der Waals surface area contributed by atoms with E-state index >= 15 is 0 Å². The van der Waals surface area contributed by atoms with E-state index in [2.05, 4.69) is 23.2 Å². The maximum absolute atomic E-state index is 5.59. The first-order valence-corrected chi connectivity index (χ1v) is 5.10. The van der Waals surface area contributed by atoms with Crippen LogP contribution in [0.3, 0.4) is 0 Å². The third kappa shape index (κ3) is 2.22. The number of hydrogen-bond acceptors (Lipinski definition) is 2. The smallest absolute Gasteiger partial charge is 0.0346 e. The van der Waals surface area contributed by atoms with Crippen molar-refractivity contribution in [1.82, 2.24) is 4.98 Å². The Balaban J connectivity index is 2.43. The number of nitrogens with zero attached hydrogens (tertiary/aromatic N) is 1. The van der Waals surface area contributed by atoms with Gasteiger partial charge in [-0.3, -0.25) is 4.98 Å². The summed E-state index contributed by atoms with van der Waals surface area (Å²) in [5, 5.41) is 0. The molecule has 2 nitrogen and oxygen atoms in total. The lowest BCUT2D eigenvalue weighted by Gasteiger charge is -2.07. The van der Waals surface area contributed by atoms with E-state index in [0.29, 0.717) is 6.54 Å². The first-order chi connectivity index (χ1) is 7.42. The second kappa shape index (κ2) is 4.71. The predicted octanol–water partition coefficient (Wildman–Crippen LogP) is 2.25. The van der Waals surface area contributed by atoms with Crippen LogP contribution in [0.4, 0.5) is 0 Å². The molecule has 76 valence electrons. The predicted molar refractivity (Wildman–Crippen MR) is 62.4 cm³/mol. The van der Waals surface area contributed by atoms with Gasteiger partial charge in [0, 0.05) is 18.0 Å². The van der Waals surface area contributed by atoms with E-state index in [0.717, 1.165) is 12.0 Å². The third-order valence-electron chi connectivity index (χ3n) is 2.40. The second-order valence-electron chi connectivity index (χ2n) is 3.44. The summed E-state index contributed by atoms with van der Waals surface area (Å²) in [6.07, 6.45) is 4.58. The Hall–Kier alpha value is -1.67. The number of aromatic nitrogens is 1. The Morgan fingerprint density at radius 1 is 1.07 bits per heavy atom. The molecular formula is C13H14N2. The van der Waals surface area contributed by atoms with Crippen LogP contribution in [0.25, 0.3) is 11.1 Å². The lowest BCUT2D eigenvalue weighted by atomic mass is 9.99. The van der Waals surface area contributed by atoms with Crippen molar-refractivity contribution in [2.24, 2.45) is 5.73 Å². The highest BCUT2D eigenvalue weighted by Crippen LogP contribution is 2.22. The van der Waals surface area contributed by atoms with Crippen LogP contribution in [0.1, 0.15) is 5.56 Å². The number of rotatable bonds is 3. The maximum atomic E-state index is 5.59. The summed E-state index contributed by atoms with van der Waals surface area (Å²) in [7, 11) is 0. The van der Waals surface area contributed by atoms with Crippen LogP contribution in [0.2, 0.25) is 0 Å². The van der Waals surface area contributed by atoms with Gasteiger partial charge in [0.05, 0.1) is 0 Å². The molecule has 0 aliphatic rings. The molecule has 0 fully saturated rings. The largest absolute Gasteiger partial charge is 0.330 e. The molecule has 2 N–H and O–H groups in total. The zero-order valence-electron chi connectivity index (χ0n) is 8.56. The Morgan fingerprint density at radius 2 is 1.93 bits per heavy atom. The highest BCUT2D eigenvalue weighted by Gasteiger charge is 2.02. The Kier molecular flexibility index (Phi) is 3.10. The van der Waals surface area contributed by atoms with Gasteiger partial charge >= 0.3 is 0 Å². The van der Waals surface area contributed by atoms with Crippen molar-refractivity contribution in [3.05, 3.63) is 54.4 Å². The SMILES string of the molecule is NCCc1ccccc1-c1cccnc1. The molecule has 1 aromatic heterocycles. The standard InChI is InChI=1S/C13H14N2/c14-8-7-11-4-1-2-6-13(11)12-5-3-9-15-10-12/h1-6,9-10H,7-8,14H2. The van der Waals surface area contributed by atoms with Gasteiger partial charge in [0.25, 0.3) is 0 Å². The van der Waals surface area contributed by atoms with Crippen molar-refractivity contribution in [2.75, 3.05) is 6.54 Å². The van der Waals surface area contributed by atoms with Crippen LogP contribution in [0, 0.1) is 0 Å². The molecule has 0 atom stereocenters. The summed E-state index contributed by atoms with van der Waals surface area (Å²) in [5.41, 5.74) is 9.26. The van der Waals surface area contributed by atoms with Crippen LogP contribution in [-0.2, 0) is 6.42 Å². The lowest BCUT2D eigenvalue weighted by Crippen LogP contribution is -2.03. The minimum absolute atomic E-state index is 0.678. The van der Waals surface area contributed by atoms with Gasteiger partial charge in [-0.1, -0.05) is 30.3 Å². The van der Waals surface area contributed by atoms with E-state index in [1.54, 1.807) is 6.20 Å². The number of pyridine rings is 1. The fourth-order valence-electron chi connectivity index (χ4n) is 1.70. The fourth-order valence-corrected chi connectivity index (χ4v) is 1.70. The molecule has 0 bridgehead atoms. The summed E-state index contributed by atoms with van der Waals surface area (Å²) in [4.78, 5) is 4.13. The summed E-state index contributed by atoms with van der Waals surface area (Å²) in [5.74, 6) is 0. The van der Waals surface area contributed by atoms with E-state index in [1.165, 1.54) is 11.1 Å². The molecular weight excluding hydrogens is 184 g/mol. The topological polar surface area (TPSA) is 38.9 Å². The van der Waals surface area contributed by atoms with E-state index in [-0.39, 0.29) is 0 Å². The van der Waals surface area contributed by atoms with Gasteiger partial charge in [0.15, 0.2) is 0 Å². The van der Waals surface area contributed by atoms with Crippen molar-refractivity contribution in [3.63, 3.8) is 0 Å². The van der Waals surface area contributed by atoms with Gasteiger partial charge < -0.3 is 5.73 Å². The Labute approximate surface area is 89.8 Å². The van der Waals surface area contributed by atoms with Gasteiger partial charge in [-0.2, -0.15) is 0 Å². The van der Waals surface area contributed by atoms with Crippen molar-refractivity contribution in [2.45, 2.75) is 6.42 Å². The van der Waals surface area contributed by atoms with E-state index in [9.17, 15) is 0 Å². The summed E-state index contributed by atoms with van der Waals surface area (Å²) in [6, 6.07) is 12.3. The molecule has 0 saturated carbocycles. The van der Waals surface area contributed by atoms with Gasteiger partial charge in [-0.15, -0.1) is 0 Å². The van der Waals surface area contributed by atoms with Crippen LogP contribution in [0.5, 0.6) is 0 Å². The third-order valence-corrected chi connectivity index (χ3v) is 2.40. The minimum atomic E-state index is 0.678. The van der Waals surface area contributed by atoms with Gasteiger partial charge in [-0.25, -0.2) is 0 Å². The highest BCUT2D eigenvalue weighted by molar-refractivity contribution is 5.66. The van der Waals surface area contributed by atoms with E-state index in [4.69, 9.17) is 5.73 Å². The van der Waals surface area contributed by atoms with Gasteiger partial charge in [0.1, 0.15) is 0 Å². The number of nitrogens with two attached hydrogens (primary N) is 1. The van der Waals surface area contributed by atoms with E-state index in [1.807, 2.05) is 24.4 Å². The average Bonchev–Trinajstić information content (AvgIpc) is 2.31. The Bertz CT molecular complexity index is 424. The van der Waals surface area contributed by atoms with Crippen molar-refractivity contribution in [3.8, 4) is 11.1 Å². The van der Waals surface area contributed by atoms with Gasteiger partial charge in [-0.05, 0) is 30.2 Å². The van der Waals surface area contributed by atoms with Crippen LogP contribution >= 0.6 is 0 Å². The summed E-state index contributed by atoms with van der Waals surface area (Å²) < 4.78 is 0. The highest BCUT2D eigenvalue weighted by atomic mass is 14.6. The second-order valence-corrected chi connectivity index (χ2v) is 3.44. The van der Waals surface area contributed by atoms with Crippen LogP contribution in [0.15, 0.2) is 48.8 Å². The van der Waals surface area contributed by atoms with Crippen molar-refractivity contribution in [1.29, 1.82) is 0 Å². The first-order valence-electron chi connectivity index (χ1n) is 5.10. The molecule has 0 spiro atoms. The molecule has 0 radical (unpaired) electrons. The summed E-state index contributed by atoms with van der Waals surface area (Å²) >= 11 is 0. The Morgan fingerprint density at radius 3 is 2.67 bits per heavy atom. The molecule has 0 aliphatic heterocycles. The van der Waals surface area contributed by atoms with Gasteiger partial charge in [0.2, 0.25) is 0 Å². The lowest BCUT2D eigenvalue weighted by molar-refractivity contribution is 0.970. The zero-order chi connectivity index (χ0) is 10.5. The zero-order valence-corrected chi connectivity index (χ0v) is 8.56. The van der Waals surface area contributed by atoms with Crippen molar-refractivity contribution >= 4 is 0 Å².